The van der Waals surface area contributed by atoms with Gasteiger partial charge in [-0.2, -0.15) is 0 Å². The monoisotopic (exact) mass is 175 g/mol. The summed E-state index contributed by atoms with van der Waals surface area (Å²) in [5.41, 5.74) is 1.14. The highest BCUT2D eigenvalue weighted by molar-refractivity contribution is 5.38. The lowest BCUT2D eigenvalue weighted by molar-refractivity contribution is 0.0737. The number of phenols is 1. The van der Waals surface area contributed by atoms with Crippen LogP contribution in [0.2, 0.25) is 0 Å². The van der Waals surface area contributed by atoms with Crippen molar-refractivity contribution < 1.29 is 5.11 Å². The van der Waals surface area contributed by atoms with Crippen LogP contribution in [-0.2, 0) is 0 Å². The summed E-state index contributed by atoms with van der Waals surface area (Å²) in [6.07, 6.45) is 1.20. The number of hydrogen-bond acceptors (Lipinski definition) is 2. The third-order valence-electron chi connectivity index (χ3n) is 3.49. The van der Waals surface area contributed by atoms with E-state index in [1.807, 2.05) is 12.1 Å². The lowest BCUT2D eigenvalue weighted by Gasteiger charge is -2.54. The second kappa shape index (κ2) is 2.48. The normalized spacial score (nSPS) is 35.8. The summed E-state index contributed by atoms with van der Waals surface area (Å²) in [7, 11) is 0. The molecule has 2 heteroatoms. The predicted molar refractivity (Wildman–Crippen MR) is 50.7 cm³/mol. The minimum absolute atomic E-state index is 0.470. The predicted octanol–water partition coefficient (Wildman–Crippen LogP) is 1.47. The van der Waals surface area contributed by atoms with E-state index >= 15 is 0 Å². The molecule has 13 heavy (non-hydrogen) atoms. The molecule has 2 fully saturated rings. The summed E-state index contributed by atoms with van der Waals surface area (Å²) in [5, 5.41) is 13.0. The van der Waals surface area contributed by atoms with Gasteiger partial charge in [0.1, 0.15) is 5.75 Å². The number of nitrogens with one attached hydrogen (secondary N) is 1. The zero-order valence-corrected chi connectivity index (χ0v) is 7.40. The molecule has 0 bridgehead atoms. The second-order valence-corrected chi connectivity index (χ2v) is 4.08. The molecule has 1 aromatic rings. The van der Waals surface area contributed by atoms with Crippen LogP contribution in [0.3, 0.4) is 0 Å². The van der Waals surface area contributed by atoms with Gasteiger partial charge in [-0.25, -0.2) is 0 Å². The van der Waals surface area contributed by atoms with E-state index in [9.17, 15) is 5.11 Å². The number of benzene rings is 1. The van der Waals surface area contributed by atoms with Gasteiger partial charge in [-0.1, -0.05) is 18.2 Å². The van der Waals surface area contributed by atoms with Gasteiger partial charge in [-0.05, 0) is 29.9 Å². The minimum Gasteiger partial charge on any atom is -0.508 e. The van der Waals surface area contributed by atoms with Crippen molar-refractivity contribution >= 4 is 0 Å². The summed E-state index contributed by atoms with van der Waals surface area (Å²) in [6, 6.07) is 8.47. The molecule has 2 aliphatic rings. The zero-order chi connectivity index (χ0) is 8.84. The number of aromatic hydroxyl groups is 1. The molecule has 2 nitrogen and oxygen atoms in total. The molecule has 1 heterocycles. The van der Waals surface area contributed by atoms with Gasteiger partial charge in [0.25, 0.3) is 0 Å². The Kier molecular flexibility index (Phi) is 1.41. The summed E-state index contributed by atoms with van der Waals surface area (Å²) in [5.74, 6) is 1.86. The Balaban J connectivity index is 1.89. The van der Waals surface area contributed by atoms with Gasteiger partial charge >= 0.3 is 0 Å². The lowest BCUT2D eigenvalue weighted by atomic mass is 9.61. The Morgan fingerprint density at radius 3 is 2.69 bits per heavy atom. The fourth-order valence-corrected chi connectivity index (χ4v) is 2.51. The van der Waals surface area contributed by atoms with Gasteiger partial charge in [0.05, 0.1) is 0 Å². The lowest BCUT2D eigenvalue weighted by Crippen LogP contribution is -2.63. The average Bonchev–Trinajstić information content (AvgIpc) is 2.11. The highest BCUT2D eigenvalue weighted by Crippen LogP contribution is 2.48. The van der Waals surface area contributed by atoms with Gasteiger partial charge < -0.3 is 10.4 Å². The van der Waals surface area contributed by atoms with Gasteiger partial charge in [0.15, 0.2) is 0 Å². The Hall–Kier alpha value is -1.02. The third-order valence-corrected chi connectivity index (χ3v) is 3.49. The molecule has 0 amide bonds. The van der Waals surface area contributed by atoms with Crippen LogP contribution in [0.15, 0.2) is 24.3 Å². The molecule has 3 atom stereocenters. The summed E-state index contributed by atoms with van der Waals surface area (Å²) < 4.78 is 0. The van der Waals surface area contributed by atoms with E-state index in [-0.39, 0.29) is 0 Å². The summed E-state index contributed by atoms with van der Waals surface area (Å²) >= 11 is 0. The fraction of sp³-hybridized carbons (Fsp3) is 0.455. The Bertz CT molecular complexity index is 337. The first-order valence-electron chi connectivity index (χ1n) is 4.87. The standard InChI is InChI=1S/C11H13NO/c13-11-4-2-1-3-7(11)8-5-10-9(8)6-12-10/h1-4,8-10,12-13H,5-6H2. The SMILES string of the molecule is Oc1ccccc1C1CC2NCC21. The number of phenolic OH excluding ortho intramolecular Hbond substituents is 1. The van der Waals surface area contributed by atoms with E-state index in [4.69, 9.17) is 0 Å². The van der Waals surface area contributed by atoms with Gasteiger partial charge in [0.2, 0.25) is 0 Å². The summed E-state index contributed by atoms with van der Waals surface area (Å²) in [4.78, 5) is 0. The van der Waals surface area contributed by atoms with Crippen LogP contribution >= 0.6 is 0 Å². The molecule has 68 valence electrons. The largest absolute Gasteiger partial charge is 0.508 e. The van der Waals surface area contributed by atoms with Gasteiger partial charge in [-0.15, -0.1) is 0 Å². The Morgan fingerprint density at radius 2 is 2.15 bits per heavy atom. The van der Waals surface area contributed by atoms with E-state index in [1.165, 1.54) is 6.42 Å². The summed E-state index contributed by atoms with van der Waals surface area (Å²) in [6.45, 7) is 1.13. The van der Waals surface area contributed by atoms with Crippen molar-refractivity contribution in [2.75, 3.05) is 6.54 Å². The molecule has 3 rings (SSSR count). The number of piperidine rings is 1. The van der Waals surface area contributed by atoms with Crippen molar-refractivity contribution in [2.45, 2.75) is 18.4 Å². The van der Waals surface area contributed by atoms with E-state index in [2.05, 4.69) is 11.4 Å². The van der Waals surface area contributed by atoms with Crippen molar-refractivity contribution in [3.8, 4) is 5.75 Å². The first-order valence-corrected chi connectivity index (χ1v) is 4.87. The molecule has 1 aliphatic heterocycles. The molecule has 1 saturated heterocycles. The van der Waals surface area contributed by atoms with Crippen molar-refractivity contribution in [1.29, 1.82) is 0 Å². The number of hydrogen-bond donors (Lipinski definition) is 2. The molecule has 2 N–H and O–H groups in total. The Labute approximate surface area is 77.6 Å². The number of fused-ring (bicyclic) bond motifs is 1. The minimum atomic E-state index is 0.470. The highest BCUT2D eigenvalue weighted by atomic mass is 16.3. The van der Waals surface area contributed by atoms with Crippen LogP contribution in [-0.4, -0.2) is 17.7 Å². The van der Waals surface area contributed by atoms with Crippen molar-refractivity contribution in [2.24, 2.45) is 5.92 Å². The smallest absolute Gasteiger partial charge is 0.119 e. The van der Waals surface area contributed by atoms with Crippen LogP contribution in [0.4, 0.5) is 0 Å². The van der Waals surface area contributed by atoms with Crippen LogP contribution in [0.25, 0.3) is 0 Å². The average molecular weight is 175 g/mol. The molecular weight excluding hydrogens is 162 g/mol. The molecule has 0 aromatic heterocycles. The van der Waals surface area contributed by atoms with Crippen molar-refractivity contribution in [1.82, 2.24) is 5.32 Å². The maximum absolute atomic E-state index is 9.65. The highest BCUT2D eigenvalue weighted by Gasteiger charge is 2.48. The van der Waals surface area contributed by atoms with E-state index in [0.29, 0.717) is 11.7 Å². The van der Waals surface area contributed by atoms with Gasteiger partial charge in [-0.3, -0.25) is 0 Å². The second-order valence-electron chi connectivity index (χ2n) is 4.08. The third kappa shape index (κ3) is 0.923. The molecule has 0 radical (unpaired) electrons. The topological polar surface area (TPSA) is 32.3 Å². The van der Waals surface area contributed by atoms with E-state index < -0.39 is 0 Å². The van der Waals surface area contributed by atoms with Crippen LogP contribution in [0.1, 0.15) is 17.9 Å². The fourth-order valence-electron chi connectivity index (χ4n) is 2.51. The maximum Gasteiger partial charge on any atom is 0.119 e. The molecule has 1 aliphatic carbocycles. The molecule has 1 aromatic carbocycles. The first kappa shape index (κ1) is 7.39. The van der Waals surface area contributed by atoms with Crippen LogP contribution in [0, 0.1) is 5.92 Å². The molecular formula is C11H13NO. The van der Waals surface area contributed by atoms with E-state index in [1.54, 1.807) is 6.07 Å². The Morgan fingerprint density at radius 1 is 1.31 bits per heavy atom. The zero-order valence-electron chi connectivity index (χ0n) is 7.40. The quantitative estimate of drug-likeness (QED) is 0.677. The molecule has 0 spiro atoms. The number of para-hydroxylation sites is 1. The van der Waals surface area contributed by atoms with Crippen molar-refractivity contribution in [3.05, 3.63) is 29.8 Å². The van der Waals surface area contributed by atoms with E-state index in [0.717, 1.165) is 24.1 Å². The van der Waals surface area contributed by atoms with Crippen LogP contribution in [0.5, 0.6) is 5.75 Å². The maximum atomic E-state index is 9.65. The first-order chi connectivity index (χ1) is 6.36. The number of rotatable bonds is 1. The van der Waals surface area contributed by atoms with Gasteiger partial charge in [0, 0.05) is 12.6 Å². The van der Waals surface area contributed by atoms with Crippen molar-refractivity contribution in [3.63, 3.8) is 0 Å². The van der Waals surface area contributed by atoms with Crippen LogP contribution < -0.4 is 5.32 Å². The molecule has 1 saturated carbocycles. The molecule has 3 unspecified atom stereocenters.